The zero-order valence-electron chi connectivity index (χ0n) is 17.6. The van der Waals surface area contributed by atoms with Crippen LogP contribution in [0.15, 0.2) is 48.2 Å². The largest absolute Gasteiger partial charge is 0.497 e. The number of hydrogen-bond acceptors (Lipinski definition) is 8. The molecule has 31 heavy (non-hydrogen) atoms. The van der Waals surface area contributed by atoms with E-state index in [0.717, 1.165) is 5.56 Å². The van der Waals surface area contributed by atoms with Crippen molar-refractivity contribution < 1.29 is 28.5 Å². The van der Waals surface area contributed by atoms with Crippen molar-refractivity contribution in [2.75, 3.05) is 33.8 Å². The third-order valence-electron chi connectivity index (χ3n) is 4.28. The first-order chi connectivity index (χ1) is 15.0. The number of methoxy groups -OCH3 is 4. The summed E-state index contributed by atoms with van der Waals surface area (Å²) in [6.45, 7) is 0.228. The number of hydrogen-bond donors (Lipinski definition) is 2. The summed E-state index contributed by atoms with van der Waals surface area (Å²) in [5.74, 6) is 0.183. The first-order valence-corrected chi connectivity index (χ1v) is 9.09. The van der Waals surface area contributed by atoms with E-state index in [1.807, 2.05) is 6.07 Å². The van der Waals surface area contributed by atoms with Crippen molar-refractivity contribution in [3.05, 3.63) is 59.3 Å². The number of carbonyl (C=O) groups is 2. The zero-order chi connectivity index (χ0) is 22.8. The average Bonchev–Trinajstić information content (AvgIpc) is 2.82. The Morgan fingerprint density at radius 3 is 2.19 bits per heavy atom. The minimum atomic E-state index is -0.626. The van der Waals surface area contributed by atoms with E-state index in [1.54, 1.807) is 31.4 Å². The topological polar surface area (TPSA) is 119 Å². The summed E-state index contributed by atoms with van der Waals surface area (Å²) in [6, 6.07) is 11.9. The standard InChI is InChI=1S/C22H23N3O6/c1-28-16-7-5-14(6-8-16)12-25-21(26)15(11-23)13-24-18-10-20(30-3)19(29-2)9-17(18)22(27)31-4/h5-10,13,24H,12H2,1-4H3,(H,25,26)/b15-13+. The van der Waals surface area contributed by atoms with Gasteiger partial charge >= 0.3 is 5.97 Å². The highest BCUT2D eigenvalue weighted by atomic mass is 16.5. The van der Waals surface area contributed by atoms with Crippen molar-refractivity contribution in [2.45, 2.75) is 6.54 Å². The molecule has 0 aliphatic heterocycles. The van der Waals surface area contributed by atoms with E-state index in [9.17, 15) is 14.9 Å². The lowest BCUT2D eigenvalue weighted by Gasteiger charge is -2.14. The van der Waals surface area contributed by atoms with Crippen molar-refractivity contribution >= 4 is 17.6 Å². The van der Waals surface area contributed by atoms with Crippen molar-refractivity contribution in [3.8, 4) is 23.3 Å². The van der Waals surface area contributed by atoms with Gasteiger partial charge in [-0.15, -0.1) is 0 Å². The molecule has 162 valence electrons. The van der Waals surface area contributed by atoms with Gasteiger partial charge in [-0.2, -0.15) is 5.26 Å². The molecule has 0 bridgehead atoms. The second-order valence-corrected chi connectivity index (χ2v) is 6.09. The molecule has 2 N–H and O–H groups in total. The summed E-state index contributed by atoms with van der Waals surface area (Å²) >= 11 is 0. The lowest BCUT2D eigenvalue weighted by Crippen LogP contribution is -2.24. The number of amides is 1. The van der Waals surface area contributed by atoms with E-state index in [1.165, 1.54) is 39.7 Å². The molecule has 0 saturated heterocycles. The molecule has 0 saturated carbocycles. The molecule has 2 aromatic carbocycles. The van der Waals surface area contributed by atoms with E-state index in [0.29, 0.717) is 17.2 Å². The van der Waals surface area contributed by atoms with Crippen LogP contribution in [0, 0.1) is 11.3 Å². The van der Waals surface area contributed by atoms with Gasteiger partial charge in [-0.1, -0.05) is 12.1 Å². The molecule has 0 fully saturated rings. The SMILES string of the molecule is COC(=O)c1cc(OC)c(OC)cc1N/C=C(\C#N)C(=O)NCc1ccc(OC)cc1. The first kappa shape index (κ1) is 23.1. The Kier molecular flexibility index (Phi) is 8.28. The van der Waals surface area contributed by atoms with Gasteiger partial charge in [0.2, 0.25) is 0 Å². The molecule has 2 aromatic rings. The number of esters is 1. The Morgan fingerprint density at radius 1 is 1.00 bits per heavy atom. The summed E-state index contributed by atoms with van der Waals surface area (Å²) in [5, 5.41) is 14.8. The Labute approximate surface area is 180 Å². The summed E-state index contributed by atoms with van der Waals surface area (Å²) < 4.78 is 20.3. The highest BCUT2D eigenvalue weighted by Crippen LogP contribution is 2.33. The second kappa shape index (κ2) is 11.1. The predicted octanol–water partition coefficient (Wildman–Crippen LogP) is 2.63. The number of rotatable bonds is 9. The normalized spacial score (nSPS) is 10.5. The Morgan fingerprint density at radius 2 is 1.65 bits per heavy atom. The first-order valence-electron chi connectivity index (χ1n) is 9.09. The highest BCUT2D eigenvalue weighted by molar-refractivity contribution is 5.99. The van der Waals surface area contributed by atoms with Gasteiger partial charge in [-0.25, -0.2) is 4.79 Å². The van der Waals surface area contributed by atoms with Crippen LogP contribution in [-0.4, -0.2) is 40.3 Å². The molecule has 0 spiro atoms. The maximum absolute atomic E-state index is 12.4. The maximum Gasteiger partial charge on any atom is 0.340 e. The van der Waals surface area contributed by atoms with Crippen LogP contribution < -0.4 is 24.8 Å². The monoisotopic (exact) mass is 425 g/mol. The fraction of sp³-hybridized carbons (Fsp3) is 0.227. The van der Waals surface area contributed by atoms with Crippen LogP contribution in [-0.2, 0) is 16.1 Å². The van der Waals surface area contributed by atoms with Crippen molar-refractivity contribution in [1.29, 1.82) is 5.26 Å². The van der Waals surface area contributed by atoms with E-state index in [2.05, 4.69) is 10.6 Å². The maximum atomic E-state index is 12.4. The zero-order valence-corrected chi connectivity index (χ0v) is 17.6. The smallest absolute Gasteiger partial charge is 0.340 e. The van der Waals surface area contributed by atoms with E-state index < -0.39 is 11.9 Å². The van der Waals surface area contributed by atoms with Gasteiger partial charge in [0.1, 0.15) is 17.4 Å². The van der Waals surface area contributed by atoms with Gasteiger partial charge in [-0.3, -0.25) is 4.79 Å². The molecule has 0 aliphatic rings. The molecule has 0 heterocycles. The second-order valence-electron chi connectivity index (χ2n) is 6.09. The molecule has 0 atom stereocenters. The van der Waals surface area contributed by atoms with Gasteiger partial charge in [0.05, 0.1) is 39.7 Å². The van der Waals surface area contributed by atoms with Crippen LogP contribution in [0.1, 0.15) is 15.9 Å². The van der Waals surface area contributed by atoms with Gasteiger partial charge < -0.3 is 29.6 Å². The molecule has 9 nitrogen and oxygen atoms in total. The van der Waals surface area contributed by atoms with Crippen LogP contribution in [0.5, 0.6) is 17.2 Å². The number of anilines is 1. The van der Waals surface area contributed by atoms with Gasteiger partial charge in [0.15, 0.2) is 11.5 Å². The Bertz CT molecular complexity index is 1010. The summed E-state index contributed by atoms with van der Waals surface area (Å²) in [4.78, 5) is 24.5. The van der Waals surface area contributed by atoms with Gasteiger partial charge in [0, 0.05) is 24.9 Å². The third kappa shape index (κ3) is 5.90. The van der Waals surface area contributed by atoms with Crippen molar-refractivity contribution in [1.82, 2.24) is 5.32 Å². The van der Waals surface area contributed by atoms with Crippen LogP contribution in [0.3, 0.4) is 0 Å². The van der Waals surface area contributed by atoms with Gasteiger partial charge in [0.25, 0.3) is 5.91 Å². The Hall–Kier alpha value is -4.19. The number of ether oxygens (including phenoxy) is 4. The number of carbonyl (C=O) groups excluding carboxylic acids is 2. The van der Waals surface area contributed by atoms with Crippen molar-refractivity contribution in [3.63, 3.8) is 0 Å². The number of benzene rings is 2. The molecule has 0 radical (unpaired) electrons. The predicted molar refractivity (Wildman–Crippen MR) is 113 cm³/mol. The number of nitrogens with zero attached hydrogens (tertiary/aromatic N) is 1. The van der Waals surface area contributed by atoms with E-state index >= 15 is 0 Å². The summed E-state index contributed by atoms with van der Waals surface area (Å²) in [5.41, 5.74) is 1.08. The van der Waals surface area contributed by atoms with Crippen LogP contribution in [0.25, 0.3) is 0 Å². The summed E-state index contributed by atoms with van der Waals surface area (Å²) in [7, 11) is 5.69. The van der Waals surface area contributed by atoms with E-state index in [-0.39, 0.29) is 23.4 Å². The molecule has 0 aromatic heterocycles. The van der Waals surface area contributed by atoms with Crippen LogP contribution in [0.4, 0.5) is 5.69 Å². The molecule has 2 rings (SSSR count). The lowest BCUT2D eigenvalue weighted by atomic mass is 10.1. The minimum Gasteiger partial charge on any atom is -0.497 e. The van der Waals surface area contributed by atoms with Crippen LogP contribution >= 0.6 is 0 Å². The fourth-order valence-electron chi connectivity index (χ4n) is 2.60. The molecule has 0 aliphatic carbocycles. The fourth-order valence-corrected chi connectivity index (χ4v) is 2.60. The molecular formula is C22H23N3O6. The highest BCUT2D eigenvalue weighted by Gasteiger charge is 2.18. The Balaban J connectivity index is 2.19. The quantitative estimate of drug-likeness (QED) is 0.358. The average molecular weight is 425 g/mol. The van der Waals surface area contributed by atoms with Crippen molar-refractivity contribution in [2.24, 2.45) is 0 Å². The molecule has 0 unspecified atom stereocenters. The van der Waals surface area contributed by atoms with Gasteiger partial charge in [-0.05, 0) is 17.7 Å². The molecule has 9 heteroatoms. The molecule has 1 amide bonds. The third-order valence-corrected chi connectivity index (χ3v) is 4.28. The summed E-state index contributed by atoms with van der Waals surface area (Å²) in [6.07, 6.45) is 1.21. The minimum absolute atomic E-state index is 0.146. The number of nitrogens with one attached hydrogen (secondary N) is 2. The lowest BCUT2D eigenvalue weighted by molar-refractivity contribution is -0.117. The van der Waals surface area contributed by atoms with Crippen LogP contribution in [0.2, 0.25) is 0 Å². The van der Waals surface area contributed by atoms with E-state index in [4.69, 9.17) is 18.9 Å². The molecular weight excluding hydrogens is 402 g/mol. The number of nitriles is 1.